The summed E-state index contributed by atoms with van der Waals surface area (Å²) < 4.78 is 0. The fourth-order valence-corrected chi connectivity index (χ4v) is 1.82. The summed E-state index contributed by atoms with van der Waals surface area (Å²) in [5.41, 5.74) is 1.05. The van der Waals surface area contributed by atoms with Crippen molar-refractivity contribution in [3.63, 3.8) is 0 Å². The van der Waals surface area contributed by atoms with Crippen molar-refractivity contribution >= 4 is 5.78 Å². The maximum atomic E-state index is 12.0. The van der Waals surface area contributed by atoms with Crippen LogP contribution in [0.25, 0.3) is 0 Å². The molecule has 0 aromatic heterocycles. The standard InChI is InChI=1S/C15H20N2O/c1-13(2)17(10-6-9-16)12-15(18)11-14-7-4-3-5-8-14/h3-5,7-8,13H,6,10-12H2,1-2H3. The van der Waals surface area contributed by atoms with Crippen molar-refractivity contribution in [3.05, 3.63) is 35.9 Å². The van der Waals surface area contributed by atoms with Crippen molar-refractivity contribution in [2.45, 2.75) is 32.7 Å². The maximum Gasteiger partial charge on any atom is 0.151 e. The normalized spacial score (nSPS) is 10.6. The van der Waals surface area contributed by atoms with Gasteiger partial charge < -0.3 is 0 Å². The van der Waals surface area contributed by atoms with Gasteiger partial charge >= 0.3 is 0 Å². The molecule has 1 aromatic rings. The Morgan fingerprint density at radius 3 is 2.56 bits per heavy atom. The molecule has 0 saturated carbocycles. The lowest BCUT2D eigenvalue weighted by Gasteiger charge is -2.24. The zero-order valence-corrected chi connectivity index (χ0v) is 11.1. The van der Waals surface area contributed by atoms with Crippen LogP contribution in [0.3, 0.4) is 0 Å². The van der Waals surface area contributed by atoms with Crippen LogP contribution in [0, 0.1) is 11.3 Å². The second-order valence-corrected chi connectivity index (χ2v) is 4.67. The number of carbonyl (C=O) groups is 1. The molecular formula is C15H20N2O. The lowest BCUT2D eigenvalue weighted by molar-refractivity contribution is -0.120. The van der Waals surface area contributed by atoms with Crippen LogP contribution < -0.4 is 0 Å². The van der Waals surface area contributed by atoms with E-state index in [-0.39, 0.29) is 11.8 Å². The Morgan fingerprint density at radius 1 is 1.33 bits per heavy atom. The van der Waals surface area contributed by atoms with Crippen LogP contribution in [0.5, 0.6) is 0 Å². The van der Waals surface area contributed by atoms with E-state index in [1.54, 1.807) is 0 Å². The third-order valence-electron chi connectivity index (χ3n) is 2.86. The number of hydrogen-bond acceptors (Lipinski definition) is 3. The summed E-state index contributed by atoms with van der Waals surface area (Å²) in [4.78, 5) is 14.0. The van der Waals surface area contributed by atoms with E-state index in [0.717, 1.165) is 5.56 Å². The fraction of sp³-hybridized carbons (Fsp3) is 0.467. The average Bonchev–Trinajstić information content (AvgIpc) is 2.35. The topological polar surface area (TPSA) is 44.1 Å². The van der Waals surface area contributed by atoms with Crippen molar-refractivity contribution in [1.29, 1.82) is 5.26 Å². The number of hydrogen-bond donors (Lipinski definition) is 0. The maximum absolute atomic E-state index is 12.0. The Kier molecular flexibility index (Phi) is 6.10. The van der Waals surface area contributed by atoms with Gasteiger partial charge in [0.05, 0.1) is 12.6 Å². The van der Waals surface area contributed by atoms with Crippen LogP contribution in [0.15, 0.2) is 30.3 Å². The second kappa shape index (κ2) is 7.62. The number of nitrogens with zero attached hydrogens (tertiary/aromatic N) is 2. The predicted molar refractivity (Wildman–Crippen MR) is 72.1 cm³/mol. The van der Waals surface area contributed by atoms with E-state index in [0.29, 0.717) is 25.9 Å². The zero-order chi connectivity index (χ0) is 13.4. The molecule has 3 nitrogen and oxygen atoms in total. The first-order chi connectivity index (χ1) is 8.63. The van der Waals surface area contributed by atoms with Gasteiger partial charge in [0, 0.05) is 25.4 Å². The van der Waals surface area contributed by atoms with Crippen LogP contribution in [-0.4, -0.2) is 29.8 Å². The number of Topliss-reactive ketones (excluding diaryl/α,β-unsaturated/α-hetero) is 1. The van der Waals surface area contributed by atoms with Crippen LogP contribution >= 0.6 is 0 Å². The monoisotopic (exact) mass is 244 g/mol. The van der Waals surface area contributed by atoms with Gasteiger partial charge in [0.1, 0.15) is 0 Å². The van der Waals surface area contributed by atoms with Gasteiger partial charge in [-0.3, -0.25) is 9.69 Å². The highest BCUT2D eigenvalue weighted by Crippen LogP contribution is 2.04. The summed E-state index contributed by atoms with van der Waals surface area (Å²) in [5.74, 6) is 0.202. The van der Waals surface area contributed by atoms with E-state index in [1.807, 2.05) is 44.2 Å². The first-order valence-electron chi connectivity index (χ1n) is 6.30. The molecule has 0 aliphatic carbocycles. The Balaban J connectivity index is 2.49. The van der Waals surface area contributed by atoms with Gasteiger partial charge in [-0.2, -0.15) is 5.26 Å². The Hall–Kier alpha value is -1.66. The Labute approximate surface area is 109 Å². The molecule has 0 bridgehead atoms. The summed E-state index contributed by atoms with van der Waals surface area (Å²) in [5, 5.41) is 8.60. The largest absolute Gasteiger partial charge is 0.298 e. The Bertz CT molecular complexity index is 406. The van der Waals surface area contributed by atoms with Crippen LogP contribution in [-0.2, 0) is 11.2 Å². The summed E-state index contributed by atoms with van der Waals surface area (Å²) in [6, 6.07) is 12.2. The van der Waals surface area contributed by atoms with Gasteiger partial charge in [-0.05, 0) is 19.4 Å². The average molecular weight is 244 g/mol. The quantitative estimate of drug-likeness (QED) is 0.740. The summed E-state index contributed by atoms with van der Waals surface area (Å²) in [6.07, 6.45) is 0.938. The summed E-state index contributed by atoms with van der Waals surface area (Å²) in [6.45, 7) is 5.18. The first kappa shape index (κ1) is 14.4. The minimum Gasteiger partial charge on any atom is -0.298 e. The summed E-state index contributed by atoms with van der Waals surface area (Å²) in [7, 11) is 0. The van der Waals surface area contributed by atoms with Crippen molar-refractivity contribution in [1.82, 2.24) is 4.90 Å². The Morgan fingerprint density at radius 2 is 2.00 bits per heavy atom. The number of ketones is 1. The molecule has 1 rings (SSSR count). The first-order valence-corrected chi connectivity index (χ1v) is 6.30. The van der Waals surface area contributed by atoms with Crippen LogP contribution in [0.1, 0.15) is 25.8 Å². The molecule has 0 unspecified atom stereocenters. The highest BCUT2D eigenvalue weighted by molar-refractivity contribution is 5.82. The van der Waals surface area contributed by atoms with Crippen molar-refractivity contribution in [2.24, 2.45) is 0 Å². The predicted octanol–water partition coefficient (Wildman–Crippen LogP) is 2.42. The lowest BCUT2D eigenvalue weighted by atomic mass is 10.1. The molecule has 0 fully saturated rings. The number of carbonyl (C=O) groups excluding carboxylic acids is 1. The molecule has 0 aliphatic rings. The SMILES string of the molecule is CC(C)N(CCC#N)CC(=O)Cc1ccccc1. The minimum atomic E-state index is 0.202. The lowest BCUT2D eigenvalue weighted by Crippen LogP contribution is -2.36. The zero-order valence-electron chi connectivity index (χ0n) is 11.1. The molecular weight excluding hydrogens is 224 g/mol. The third kappa shape index (κ3) is 5.11. The number of rotatable bonds is 7. The number of nitriles is 1. The molecule has 0 heterocycles. The van der Waals surface area contributed by atoms with Gasteiger partial charge in [0.25, 0.3) is 0 Å². The molecule has 96 valence electrons. The highest BCUT2D eigenvalue weighted by atomic mass is 16.1. The van der Waals surface area contributed by atoms with Gasteiger partial charge in [-0.1, -0.05) is 30.3 Å². The van der Waals surface area contributed by atoms with E-state index in [4.69, 9.17) is 5.26 Å². The second-order valence-electron chi connectivity index (χ2n) is 4.67. The van der Waals surface area contributed by atoms with E-state index in [1.165, 1.54) is 0 Å². The van der Waals surface area contributed by atoms with Gasteiger partial charge in [0.15, 0.2) is 5.78 Å². The van der Waals surface area contributed by atoms with Crippen LogP contribution in [0.4, 0.5) is 0 Å². The molecule has 0 amide bonds. The highest BCUT2D eigenvalue weighted by Gasteiger charge is 2.13. The van der Waals surface area contributed by atoms with Gasteiger partial charge in [-0.15, -0.1) is 0 Å². The molecule has 0 aliphatic heterocycles. The van der Waals surface area contributed by atoms with E-state index < -0.39 is 0 Å². The van der Waals surface area contributed by atoms with E-state index >= 15 is 0 Å². The minimum absolute atomic E-state index is 0.202. The third-order valence-corrected chi connectivity index (χ3v) is 2.86. The molecule has 0 radical (unpaired) electrons. The van der Waals surface area contributed by atoms with Crippen molar-refractivity contribution < 1.29 is 4.79 Å². The molecule has 1 aromatic carbocycles. The number of benzene rings is 1. The van der Waals surface area contributed by atoms with Crippen LogP contribution in [0.2, 0.25) is 0 Å². The van der Waals surface area contributed by atoms with Gasteiger partial charge in [0.2, 0.25) is 0 Å². The molecule has 3 heteroatoms. The molecule has 0 saturated heterocycles. The van der Waals surface area contributed by atoms with E-state index in [9.17, 15) is 4.79 Å². The fourth-order valence-electron chi connectivity index (χ4n) is 1.82. The van der Waals surface area contributed by atoms with E-state index in [2.05, 4.69) is 11.0 Å². The molecule has 0 N–H and O–H groups in total. The molecule has 0 atom stereocenters. The molecule has 18 heavy (non-hydrogen) atoms. The van der Waals surface area contributed by atoms with Crippen molar-refractivity contribution in [2.75, 3.05) is 13.1 Å². The molecule has 0 spiro atoms. The summed E-state index contributed by atoms with van der Waals surface area (Å²) >= 11 is 0. The van der Waals surface area contributed by atoms with Gasteiger partial charge in [-0.25, -0.2) is 0 Å². The smallest absolute Gasteiger partial charge is 0.151 e. The van der Waals surface area contributed by atoms with Crippen molar-refractivity contribution in [3.8, 4) is 6.07 Å².